The highest BCUT2D eigenvalue weighted by Gasteiger charge is 2.42. The van der Waals surface area contributed by atoms with Crippen molar-refractivity contribution < 1.29 is 10.0 Å². The summed E-state index contributed by atoms with van der Waals surface area (Å²) in [6, 6.07) is 0.419. The Morgan fingerprint density at radius 2 is 2.05 bits per heavy atom. The molecule has 0 spiro atoms. The predicted octanol–water partition coefficient (Wildman–Crippen LogP) is 1.48. The Bertz CT molecular complexity index is 380. The Morgan fingerprint density at radius 1 is 1.43 bits per heavy atom. The Hall–Kier alpha value is -1.30. The van der Waals surface area contributed by atoms with Crippen LogP contribution in [0.2, 0.25) is 0 Å². The van der Waals surface area contributed by atoms with Crippen molar-refractivity contribution in [3.8, 4) is 0 Å². The molecule has 6 nitrogen and oxygen atoms in total. The van der Waals surface area contributed by atoms with Crippen molar-refractivity contribution in [2.45, 2.75) is 52.5 Å². The molecule has 6 heteroatoms. The summed E-state index contributed by atoms with van der Waals surface area (Å²) < 4.78 is 0. The summed E-state index contributed by atoms with van der Waals surface area (Å²) >= 11 is 0. The maximum absolute atomic E-state index is 12.8. The molecule has 1 amide bonds. The first-order valence-electron chi connectivity index (χ1n) is 7.94. The number of carbonyl (C=O) groups excluding carboxylic acids is 1. The molecule has 1 saturated heterocycles. The Labute approximate surface area is 128 Å². The van der Waals surface area contributed by atoms with Crippen molar-refractivity contribution in [3.63, 3.8) is 0 Å². The number of likely N-dealkylation sites (N-methyl/N-ethyl adjacent to an activating group) is 2. The number of nitrogens with zero attached hydrogens (tertiary/aromatic N) is 3. The largest absolute Gasteiger partial charge is 0.409 e. The van der Waals surface area contributed by atoms with Gasteiger partial charge in [0.15, 0.2) is 5.84 Å². The van der Waals surface area contributed by atoms with Gasteiger partial charge in [0.05, 0.1) is 0 Å². The van der Waals surface area contributed by atoms with Crippen LogP contribution in [0.1, 0.15) is 46.5 Å². The minimum atomic E-state index is -0.890. The first kappa shape index (κ1) is 17.8. The van der Waals surface area contributed by atoms with Crippen LogP contribution < -0.4 is 5.73 Å². The van der Waals surface area contributed by atoms with Crippen LogP contribution in [-0.2, 0) is 4.79 Å². The van der Waals surface area contributed by atoms with E-state index in [1.54, 1.807) is 4.90 Å². The van der Waals surface area contributed by atoms with Gasteiger partial charge in [0.25, 0.3) is 0 Å². The van der Waals surface area contributed by atoms with E-state index in [0.29, 0.717) is 25.4 Å². The predicted molar refractivity (Wildman–Crippen MR) is 84.3 cm³/mol. The molecule has 1 aliphatic rings. The van der Waals surface area contributed by atoms with Gasteiger partial charge in [0.2, 0.25) is 5.91 Å². The summed E-state index contributed by atoms with van der Waals surface area (Å²) in [4.78, 5) is 17.0. The molecule has 1 fully saturated rings. The summed E-state index contributed by atoms with van der Waals surface area (Å²) in [5.41, 5.74) is 4.93. The Morgan fingerprint density at radius 3 is 2.52 bits per heavy atom. The topological polar surface area (TPSA) is 82.2 Å². The number of rotatable bonds is 7. The zero-order valence-corrected chi connectivity index (χ0v) is 13.8. The van der Waals surface area contributed by atoms with Crippen LogP contribution in [0, 0.1) is 5.41 Å². The van der Waals surface area contributed by atoms with E-state index in [0.717, 1.165) is 19.5 Å². The van der Waals surface area contributed by atoms with Crippen molar-refractivity contribution in [2.75, 3.05) is 26.7 Å². The molecule has 0 bridgehead atoms. The lowest BCUT2D eigenvalue weighted by Crippen LogP contribution is -2.52. The summed E-state index contributed by atoms with van der Waals surface area (Å²) in [7, 11) is 1.82. The summed E-state index contributed by atoms with van der Waals surface area (Å²) in [6.07, 6.45) is 3.38. The van der Waals surface area contributed by atoms with Crippen LogP contribution in [0.25, 0.3) is 0 Å². The van der Waals surface area contributed by atoms with E-state index in [-0.39, 0.29) is 11.7 Å². The van der Waals surface area contributed by atoms with Crippen LogP contribution in [0.5, 0.6) is 0 Å². The van der Waals surface area contributed by atoms with Gasteiger partial charge in [-0.25, -0.2) is 0 Å². The number of carbonyl (C=O) groups is 1. The molecule has 1 rings (SSSR count). The highest BCUT2D eigenvalue weighted by Crippen LogP contribution is 2.30. The summed E-state index contributed by atoms with van der Waals surface area (Å²) in [6.45, 7) is 8.78. The molecule has 1 heterocycles. The molecular weight excluding hydrogens is 268 g/mol. The van der Waals surface area contributed by atoms with Crippen molar-refractivity contribution in [2.24, 2.45) is 16.3 Å². The normalized spacial score (nSPS) is 20.8. The fraction of sp³-hybridized carbons (Fsp3) is 0.867. The number of amides is 1. The van der Waals surface area contributed by atoms with Crippen LogP contribution in [0.4, 0.5) is 0 Å². The number of hydrogen-bond acceptors (Lipinski definition) is 4. The molecule has 1 atom stereocenters. The zero-order valence-electron chi connectivity index (χ0n) is 13.8. The van der Waals surface area contributed by atoms with E-state index in [1.807, 2.05) is 20.9 Å². The van der Waals surface area contributed by atoms with Gasteiger partial charge in [-0.1, -0.05) is 25.9 Å². The van der Waals surface area contributed by atoms with Crippen LogP contribution in [0.3, 0.4) is 0 Å². The second-order valence-electron chi connectivity index (χ2n) is 5.88. The molecule has 21 heavy (non-hydrogen) atoms. The second-order valence-corrected chi connectivity index (χ2v) is 5.88. The fourth-order valence-corrected chi connectivity index (χ4v) is 3.40. The number of oxime groups is 1. The van der Waals surface area contributed by atoms with Gasteiger partial charge in [0.1, 0.15) is 5.41 Å². The third kappa shape index (κ3) is 3.48. The molecule has 1 aliphatic heterocycles. The number of hydrogen-bond donors (Lipinski definition) is 2. The van der Waals surface area contributed by atoms with E-state index in [9.17, 15) is 4.79 Å². The van der Waals surface area contributed by atoms with Gasteiger partial charge in [-0.15, -0.1) is 0 Å². The van der Waals surface area contributed by atoms with E-state index >= 15 is 0 Å². The quantitative estimate of drug-likeness (QED) is 0.323. The van der Waals surface area contributed by atoms with Gasteiger partial charge >= 0.3 is 0 Å². The van der Waals surface area contributed by atoms with Crippen molar-refractivity contribution in [1.29, 1.82) is 0 Å². The van der Waals surface area contributed by atoms with E-state index in [1.165, 1.54) is 6.42 Å². The average Bonchev–Trinajstić information content (AvgIpc) is 2.95. The van der Waals surface area contributed by atoms with Gasteiger partial charge < -0.3 is 15.8 Å². The van der Waals surface area contributed by atoms with Crippen LogP contribution in [0.15, 0.2) is 5.16 Å². The van der Waals surface area contributed by atoms with Crippen molar-refractivity contribution in [3.05, 3.63) is 0 Å². The lowest BCUT2D eigenvalue weighted by molar-refractivity contribution is -0.138. The fourth-order valence-electron chi connectivity index (χ4n) is 3.40. The average molecular weight is 298 g/mol. The van der Waals surface area contributed by atoms with Gasteiger partial charge in [-0.3, -0.25) is 9.69 Å². The third-order valence-corrected chi connectivity index (χ3v) is 4.95. The second kappa shape index (κ2) is 7.64. The maximum atomic E-state index is 12.8. The van der Waals surface area contributed by atoms with E-state index in [2.05, 4.69) is 17.0 Å². The van der Waals surface area contributed by atoms with E-state index < -0.39 is 5.41 Å². The molecular formula is C15H30N4O2. The molecule has 0 aliphatic carbocycles. The first-order chi connectivity index (χ1) is 9.96. The van der Waals surface area contributed by atoms with Crippen LogP contribution >= 0.6 is 0 Å². The highest BCUT2D eigenvalue weighted by molar-refractivity contribution is 6.06. The SMILES string of the molecule is CCN1CCCC1CN(C)C(=O)C(CC)(CC)C(N)=NO. The van der Waals surface area contributed by atoms with E-state index in [4.69, 9.17) is 10.9 Å². The summed E-state index contributed by atoms with van der Waals surface area (Å²) in [5, 5.41) is 12.1. The molecule has 0 aromatic carbocycles. The lowest BCUT2D eigenvalue weighted by Gasteiger charge is -2.35. The minimum Gasteiger partial charge on any atom is -0.409 e. The highest BCUT2D eigenvalue weighted by atomic mass is 16.4. The molecule has 0 radical (unpaired) electrons. The first-order valence-corrected chi connectivity index (χ1v) is 7.94. The van der Waals surface area contributed by atoms with Crippen LogP contribution in [-0.4, -0.2) is 59.5 Å². The number of amidine groups is 1. The molecule has 3 N–H and O–H groups in total. The summed E-state index contributed by atoms with van der Waals surface area (Å²) in [5.74, 6) is -0.0335. The van der Waals surface area contributed by atoms with Crippen molar-refractivity contribution in [1.82, 2.24) is 9.80 Å². The molecule has 1 unspecified atom stereocenters. The molecule has 122 valence electrons. The lowest BCUT2D eigenvalue weighted by atomic mass is 9.79. The monoisotopic (exact) mass is 298 g/mol. The number of likely N-dealkylation sites (tertiary alicyclic amines) is 1. The smallest absolute Gasteiger partial charge is 0.236 e. The molecule has 0 aromatic rings. The Balaban J connectivity index is 2.84. The van der Waals surface area contributed by atoms with Crippen molar-refractivity contribution >= 4 is 11.7 Å². The molecule has 0 aromatic heterocycles. The standard InChI is InChI=1S/C15H30N4O2/c1-5-15(6-2,13(16)17-21)14(20)18(4)11-12-9-8-10-19(12)7-3/h12,21H,5-11H2,1-4H3,(H2,16,17). The number of nitrogens with two attached hydrogens (primary N) is 1. The van der Waals surface area contributed by atoms with Gasteiger partial charge in [-0.2, -0.15) is 0 Å². The molecule has 0 saturated carbocycles. The third-order valence-electron chi connectivity index (χ3n) is 4.95. The van der Waals surface area contributed by atoms with Gasteiger partial charge in [0, 0.05) is 19.6 Å². The van der Waals surface area contributed by atoms with Gasteiger partial charge in [-0.05, 0) is 38.8 Å². The Kier molecular flexibility index (Phi) is 6.45. The maximum Gasteiger partial charge on any atom is 0.236 e. The minimum absolute atomic E-state index is 0.0168. The zero-order chi connectivity index (χ0) is 16.0.